The molecule has 3 fully saturated rings. The van der Waals surface area contributed by atoms with Crippen LogP contribution >= 0.6 is 11.6 Å². The fourth-order valence-electron chi connectivity index (χ4n) is 4.27. The van der Waals surface area contributed by atoms with E-state index in [1.165, 1.54) is 0 Å². The van der Waals surface area contributed by atoms with Gasteiger partial charge in [0.1, 0.15) is 0 Å². The molecule has 3 saturated carbocycles. The number of hydrogen-bond donors (Lipinski definition) is 2. The Bertz CT molecular complexity index is 362. The standard InChI is InChI=1S/C15H28BClO3/c1-10(2)8-12(17)16(19)20-15-9-11(13(15,3)4)6-7-14(15,5)18/h10-12,18-19H,6-9H2,1-5H3/t11?,12?,14-,15-/m0/s1. The van der Waals surface area contributed by atoms with E-state index in [4.69, 9.17) is 16.3 Å². The van der Waals surface area contributed by atoms with Gasteiger partial charge in [-0.1, -0.05) is 27.7 Å². The van der Waals surface area contributed by atoms with Gasteiger partial charge in [-0.2, -0.15) is 0 Å². The molecule has 0 spiro atoms. The first-order chi connectivity index (χ1) is 9.03. The first-order valence-electron chi connectivity index (χ1n) is 7.76. The zero-order valence-corrected chi connectivity index (χ0v) is 14.1. The quantitative estimate of drug-likeness (QED) is 0.606. The highest BCUT2D eigenvalue weighted by molar-refractivity contribution is 6.58. The Labute approximate surface area is 128 Å². The van der Waals surface area contributed by atoms with E-state index in [0.29, 0.717) is 18.3 Å². The summed E-state index contributed by atoms with van der Waals surface area (Å²) in [6, 6.07) is 0. The highest BCUT2D eigenvalue weighted by atomic mass is 35.5. The van der Waals surface area contributed by atoms with Crippen LogP contribution in [-0.4, -0.2) is 33.7 Å². The SMILES string of the molecule is CC(C)CC(Cl)B(O)O[C@]12CC(CC[C@]1(C)O)C2(C)C. The molecule has 0 aromatic carbocycles. The summed E-state index contributed by atoms with van der Waals surface area (Å²) in [5, 5.41) is 20.7. The van der Waals surface area contributed by atoms with Crippen molar-refractivity contribution in [3.63, 3.8) is 0 Å². The third kappa shape index (κ3) is 2.33. The third-order valence-electron chi connectivity index (χ3n) is 5.77. The van der Waals surface area contributed by atoms with Crippen LogP contribution in [0.15, 0.2) is 0 Å². The van der Waals surface area contributed by atoms with Crippen molar-refractivity contribution in [2.45, 2.75) is 76.8 Å². The average Bonchev–Trinajstić information content (AvgIpc) is 2.29. The lowest BCUT2D eigenvalue weighted by molar-refractivity contribution is -0.304. The molecule has 5 heteroatoms. The molecular weight excluding hydrogens is 274 g/mol. The van der Waals surface area contributed by atoms with Gasteiger partial charge in [0.2, 0.25) is 0 Å². The van der Waals surface area contributed by atoms with Crippen molar-refractivity contribution >= 4 is 18.7 Å². The van der Waals surface area contributed by atoms with Crippen LogP contribution in [0.5, 0.6) is 0 Å². The third-order valence-corrected chi connectivity index (χ3v) is 6.17. The molecule has 3 aliphatic rings. The van der Waals surface area contributed by atoms with Crippen LogP contribution in [0, 0.1) is 17.3 Å². The predicted octanol–water partition coefficient (Wildman–Crippen LogP) is 3.01. The summed E-state index contributed by atoms with van der Waals surface area (Å²) in [5.74, 6) is 0.969. The van der Waals surface area contributed by atoms with E-state index in [1.807, 2.05) is 6.92 Å². The van der Waals surface area contributed by atoms with Crippen LogP contribution in [0.2, 0.25) is 0 Å². The van der Waals surface area contributed by atoms with Crippen LogP contribution in [-0.2, 0) is 4.65 Å². The maximum absolute atomic E-state index is 10.8. The van der Waals surface area contributed by atoms with Gasteiger partial charge in [-0.05, 0) is 49.9 Å². The maximum atomic E-state index is 10.8. The maximum Gasteiger partial charge on any atom is 0.473 e. The van der Waals surface area contributed by atoms with Crippen molar-refractivity contribution in [3.05, 3.63) is 0 Å². The molecule has 0 radical (unpaired) electrons. The lowest BCUT2D eigenvalue weighted by Gasteiger charge is -2.71. The summed E-state index contributed by atoms with van der Waals surface area (Å²) < 4.78 is 6.01. The van der Waals surface area contributed by atoms with E-state index in [-0.39, 0.29) is 5.41 Å². The Morgan fingerprint density at radius 3 is 2.40 bits per heavy atom. The van der Waals surface area contributed by atoms with E-state index in [9.17, 15) is 10.1 Å². The first-order valence-corrected chi connectivity index (χ1v) is 8.19. The Morgan fingerprint density at radius 2 is 1.95 bits per heavy atom. The summed E-state index contributed by atoms with van der Waals surface area (Å²) in [4.78, 5) is 0. The molecule has 20 heavy (non-hydrogen) atoms. The molecule has 2 bridgehead atoms. The minimum absolute atomic E-state index is 0.121. The van der Waals surface area contributed by atoms with Crippen LogP contribution < -0.4 is 0 Å². The molecule has 3 nitrogen and oxygen atoms in total. The smallest absolute Gasteiger partial charge is 0.426 e. The zero-order valence-electron chi connectivity index (χ0n) is 13.3. The Kier molecular flexibility index (Phi) is 4.28. The number of hydrogen-bond acceptors (Lipinski definition) is 3. The lowest BCUT2D eigenvalue weighted by atomic mass is 9.40. The molecule has 3 aliphatic carbocycles. The Balaban J connectivity index is 2.13. The Morgan fingerprint density at radius 1 is 1.35 bits per heavy atom. The summed E-state index contributed by atoms with van der Waals surface area (Å²) in [7, 11) is -1.02. The van der Waals surface area contributed by atoms with Gasteiger partial charge in [0, 0.05) is 0 Å². The van der Waals surface area contributed by atoms with E-state index in [1.54, 1.807) is 0 Å². The van der Waals surface area contributed by atoms with E-state index < -0.39 is 23.6 Å². The highest BCUT2D eigenvalue weighted by Crippen LogP contribution is 2.67. The number of aliphatic hydroxyl groups is 1. The van der Waals surface area contributed by atoms with Gasteiger partial charge in [-0.25, -0.2) is 0 Å². The summed E-state index contributed by atoms with van der Waals surface area (Å²) in [5.41, 5.74) is -1.70. The molecule has 0 amide bonds. The normalized spacial score (nSPS) is 40.4. The second-order valence-corrected chi connectivity index (χ2v) is 8.48. The van der Waals surface area contributed by atoms with Gasteiger partial charge in [-0.15, -0.1) is 11.6 Å². The summed E-state index contributed by atoms with van der Waals surface area (Å²) in [6.07, 6.45) is 3.27. The summed E-state index contributed by atoms with van der Waals surface area (Å²) >= 11 is 6.25. The van der Waals surface area contributed by atoms with Crippen molar-refractivity contribution in [2.24, 2.45) is 17.3 Å². The zero-order chi connectivity index (χ0) is 15.3. The number of halogens is 1. The fraction of sp³-hybridized carbons (Fsp3) is 1.00. The van der Waals surface area contributed by atoms with E-state index in [0.717, 1.165) is 19.3 Å². The minimum Gasteiger partial charge on any atom is -0.426 e. The first kappa shape index (κ1) is 16.6. The van der Waals surface area contributed by atoms with Crippen molar-refractivity contribution in [3.8, 4) is 0 Å². The van der Waals surface area contributed by atoms with Crippen LogP contribution in [0.25, 0.3) is 0 Å². The topological polar surface area (TPSA) is 49.7 Å². The van der Waals surface area contributed by atoms with Crippen LogP contribution in [0.4, 0.5) is 0 Å². The number of alkyl halides is 1. The highest BCUT2D eigenvalue weighted by Gasteiger charge is 2.71. The van der Waals surface area contributed by atoms with Crippen LogP contribution in [0.1, 0.15) is 60.3 Å². The van der Waals surface area contributed by atoms with Gasteiger partial charge in [0.15, 0.2) is 0 Å². The molecule has 3 rings (SSSR count). The monoisotopic (exact) mass is 302 g/mol. The second-order valence-electron chi connectivity index (χ2n) is 7.92. The second kappa shape index (κ2) is 5.15. The Hall–Kier alpha value is 0.235. The average molecular weight is 303 g/mol. The molecule has 4 atom stereocenters. The molecule has 0 aliphatic heterocycles. The van der Waals surface area contributed by atoms with Gasteiger partial charge in [-0.3, -0.25) is 0 Å². The largest absolute Gasteiger partial charge is 0.473 e. The van der Waals surface area contributed by atoms with Gasteiger partial charge < -0.3 is 14.8 Å². The number of fused-ring (bicyclic) bond motifs is 2. The van der Waals surface area contributed by atoms with E-state index in [2.05, 4.69) is 27.7 Å². The van der Waals surface area contributed by atoms with E-state index >= 15 is 0 Å². The summed E-state index contributed by atoms with van der Waals surface area (Å²) in [6.45, 7) is 10.2. The minimum atomic E-state index is -1.02. The molecule has 2 unspecified atom stereocenters. The molecule has 116 valence electrons. The molecule has 0 saturated heterocycles. The van der Waals surface area contributed by atoms with Crippen molar-refractivity contribution in [2.75, 3.05) is 0 Å². The van der Waals surface area contributed by atoms with Crippen molar-refractivity contribution in [1.82, 2.24) is 0 Å². The fourth-order valence-corrected chi connectivity index (χ4v) is 4.68. The molecule has 0 aromatic rings. The predicted molar refractivity (Wildman–Crippen MR) is 82.6 cm³/mol. The molecule has 0 heterocycles. The van der Waals surface area contributed by atoms with Gasteiger partial charge in [0.25, 0.3) is 0 Å². The molecule has 0 aromatic heterocycles. The van der Waals surface area contributed by atoms with Gasteiger partial charge >= 0.3 is 7.12 Å². The molecule has 2 N–H and O–H groups in total. The van der Waals surface area contributed by atoms with Crippen molar-refractivity contribution < 1.29 is 14.8 Å². The number of rotatable bonds is 5. The molecular formula is C15H28BClO3. The van der Waals surface area contributed by atoms with Crippen LogP contribution in [0.3, 0.4) is 0 Å². The van der Waals surface area contributed by atoms with Crippen molar-refractivity contribution in [1.29, 1.82) is 0 Å². The van der Waals surface area contributed by atoms with Gasteiger partial charge in [0.05, 0.1) is 16.5 Å². The lowest BCUT2D eigenvalue weighted by Crippen LogP contribution is -2.77.